The summed E-state index contributed by atoms with van der Waals surface area (Å²) in [4.78, 5) is 0. The van der Waals surface area contributed by atoms with Gasteiger partial charge in [-0.05, 0) is 42.2 Å². The van der Waals surface area contributed by atoms with E-state index in [1.165, 1.54) is 0 Å². The van der Waals surface area contributed by atoms with E-state index in [9.17, 15) is 26.3 Å². The Labute approximate surface area is 179 Å². The highest BCUT2D eigenvalue weighted by Crippen LogP contribution is 2.36. The van der Waals surface area contributed by atoms with Crippen molar-refractivity contribution in [2.24, 2.45) is 0 Å². The van der Waals surface area contributed by atoms with Gasteiger partial charge in [0.15, 0.2) is 0 Å². The molecule has 0 saturated carbocycles. The summed E-state index contributed by atoms with van der Waals surface area (Å²) in [6.45, 7) is 0.220. The number of fused-ring (bicyclic) bond motifs is 3. The van der Waals surface area contributed by atoms with E-state index in [1.807, 2.05) is 53.1 Å². The molecule has 0 saturated heterocycles. The first kappa shape index (κ1) is 21.4. The molecular formula is C25H13F6N. The van der Waals surface area contributed by atoms with Crippen LogP contribution in [0.4, 0.5) is 26.3 Å². The summed E-state index contributed by atoms with van der Waals surface area (Å²) in [6, 6.07) is 16.6. The number of alkyl halides is 6. The van der Waals surface area contributed by atoms with E-state index in [0.717, 1.165) is 21.8 Å². The zero-order valence-electron chi connectivity index (χ0n) is 16.3. The lowest BCUT2D eigenvalue weighted by Gasteiger charge is -2.12. The third-order valence-corrected chi connectivity index (χ3v) is 4.92. The number of benzene rings is 3. The summed E-state index contributed by atoms with van der Waals surface area (Å²) in [5.74, 6) is 9.63. The van der Waals surface area contributed by atoms with Gasteiger partial charge >= 0.3 is 12.4 Å². The molecule has 1 heterocycles. The number of aromatic nitrogens is 1. The quantitative estimate of drug-likeness (QED) is 0.224. The number of rotatable bonds is 1. The van der Waals surface area contributed by atoms with Crippen LogP contribution in [0.5, 0.6) is 0 Å². The fourth-order valence-corrected chi connectivity index (χ4v) is 3.51. The van der Waals surface area contributed by atoms with Crippen molar-refractivity contribution in [1.82, 2.24) is 4.57 Å². The van der Waals surface area contributed by atoms with E-state index >= 15 is 0 Å². The Balaban J connectivity index is 1.68. The van der Waals surface area contributed by atoms with Crippen molar-refractivity contribution >= 4 is 21.8 Å². The number of halogens is 6. The van der Waals surface area contributed by atoms with E-state index in [0.29, 0.717) is 18.2 Å². The van der Waals surface area contributed by atoms with Gasteiger partial charge in [-0.15, -0.1) is 0 Å². The van der Waals surface area contributed by atoms with Crippen LogP contribution in [0.3, 0.4) is 0 Å². The Kier molecular flexibility index (Phi) is 5.36. The molecule has 7 heteroatoms. The maximum absolute atomic E-state index is 13.1. The largest absolute Gasteiger partial charge is 0.417 e. The average molecular weight is 441 g/mol. The summed E-state index contributed by atoms with van der Waals surface area (Å²) in [6.07, 6.45) is -9.60. The fourth-order valence-electron chi connectivity index (χ4n) is 3.51. The minimum absolute atomic E-state index is 0.220. The topological polar surface area (TPSA) is 4.93 Å². The van der Waals surface area contributed by atoms with Crippen LogP contribution in [-0.4, -0.2) is 4.57 Å². The smallest absolute Gasteiger partial charge is 0.329 e. The van der Waals surface area contributed by atoms with E-state index in [1.54, 1.807) is 0 Å². The van der Waals surface area contributed by atoms with E-state index < -0.39 is 29.0 Å². The average Bonchev–Trinajstić information content (AvgIpc) is 3.06. The van der Waals surface area contributed by atoms with Gasteiger partial charge in [0.1, 0.15) is 0 Å². The maximum atomic E-state index is 13.1. The van der Waals surface area contributed by atoms with Gasteiger partial charge in [0, 0.05) is 27.4 Å². The fraction of sp³-hybridized carbons (Fsp3) is 0.120. The predicted octanol–water partition coefficient (Wildman–Crippen LogP) is 6.89. The van der Waals surface area contributed by atoms with Crippen molar-refractivity contribution < 1.29 is 26.3 Å². The van der Waals surface area contributed by atoms with Crippen LogP contribution in [0, 0.1) is 23.7 Å². The van der Waals surface area contributed by atoms with Crippen LogP contribution in [0.1, 0.15) is 16.7 Å². The first-order valence-electron chi connectivity index (χ1n) is 9.39. The van der Waals surface area contributed by atoms with Gasteiger partial charge in [-0.3, -0.25) is 0 Å². The molecule has 0 atom stereocenters. The van der Waals surface area contributed by atoms with Crippen molar-refractivity contribution in [2.75, 3.05) is 0 Å². The summed E-state index contributed by atoms with van der Waals surface area (Å²) >= 11 is 0. The van der Waals surface area contributed by atoms with E-state index in [-0.39, 0.29) is 6.54 Å². The van der Waals surface area contributed by atoms with Crippen molar-refractivity contribution in [3.63, 3.8) is 0 Å². The first-order chi connectivity index (χ1) is 15.2. The molecule has 3 aromatic carbocycles. The SMILES string of the molecule is FC(F)(F)c1ccc(C(F)(F)F)c(C#CC#CCn2c3ccccc3c3ccccc32)c1. The Morgan fingerprint density at radius 1 is 0.688 bits per heavy atom. The second kappa shape index (κ2) is 8.01. The molecule has 0 fully saturated rings. The summed E-state index contributed by atoms with van der Waals surface area (Å²) in [5, 5.41) is 2.07. The molecule has 0 aliphatic heterocycles. The highest BCUT2D eigenvalue weighted by Gasteiger charge is 2.36. The van der Waals surface area contributed by atoms with E-state index in [2.05, 4.69) is 23.7 Å². The summed E-state index contributed by atoms with van der Waals surface area (Å²) in [5.41, 5.74) is -1.32. The van der Waals surface area contributed by atoms with Crippen molar-refractivity contribution in [1.29, 1.82) is 0 Å². The van der Waals surface area contributed by atoms with Crippen LogP contribution in [0.25, 0.3) is 21.8 Å². The standard InChI is InChI=1S/C25H13F6N/c26-24(27,28)18-13-14-21(25(29,30)31)17(16-18)8-2-1-7-15-32-22-11-5-3-9-19(22)20-10-4-6-12-23(20)32/h3-6,9-14,16H,15H2. The van der Waals surface area contributed by atoms with Crippen molar-refractivity contribution in [3.8, 4) is 23.7 Å². The normalized spacial score (nSPS) is 11.7. The molecule has 0 aliphatic carbocycles. The third-order valence-electron chi connectivity index (χ3n) is 4.92. The molecule has 0 aliphatic rings. The lowest BCUT2D eigenvalue weighted by atomic mass is 10.0. The van der Waals surface area contributed by atoms with Gasteiger partial charge in [-0.25, -0.2) is 0 Å². The monoisotopic (exact) mass is 441 g/mol. The van der Waals surface area contributed by atoms with Crippen LogP contribution in [-0.2, 0) is 18.9 Å². The van der Waals surface area contributed by atoms with Crippen LogP contribution >= 0.6 is 0 Å². The minimum Gasteiger partial charge on any atom is -0.329 e. The van der Waals surface area contributed by atoms with E-state index in [4.69, 9.17) is 0 Å². The number of nitrogens with zero attached hydrogens (tertiary/aromatic N) is 1. The molecule has 1 aromatic heterocycles. The number of hydrogen-bond donors (Lipinski definition) is 0. The van der Waals surface area contributed by atoms with Crippen LogP contribution < -0.4 is 0 Å². The van der Waals surface area contributed by atoms with Crippen molar-refractivity contribution in [3.05, 3.63) is 83.4 Å². The molecular weight excluding hydrogens is 428 g/mol. The molecule has 4 aromatic rings. The molecule has 0 radical (unpaired) electrons. The highest BCUT2D eigenvalue weighted by atomic mass is 19.4. The molecule has 1 nitrogen and oxygen atoms in total. The lowest BCUT2D eigenvalue weighted by molar-refractivity contribution is -0.141. The molecule has 160 valence electrons. The zero-order valence-corrected chi connectivity index (χ0v) is 16.3. The van der Waals surface area contributed by atoms with Gasteiger partial charge in [0.25, 0.3) is 0 Å². The van der Waals surface area contributed by atoms with Gasteiger partial charge in [-0.1, -0.05) is 48.2 Å². The van der Waals surface area contributed by atoms with Gasteiger partial charge < -0.3 is 4.57 Å². The second-order valence-electron chi connectivity index (χ2n) is 6.93. The molecule has 4 rings (SSSR count). The Morgan fingerprint density at radius 2 is 1.28 bits per heavy atom. The zero-order chi connectivity index (χ0) is 22.9. The second-order valence-corrected chi connectivity index (χ2v) is 6.93. The van der Waals surface area contributed by atoms with Crippen molar-refractivity contribution in [2.45, 2.75) is 18.9 Å². The molecule has 0 unspecified atom stereocenters. The molecule has 32 heavy (non-hydrogen) atoms. The Hall–Kier alpha value is -3.84. The minimum atomic E-state index is -4.83. The number of hydrogen-bond acceptors (Lipinski definition) is 0. The number of para-hydroxylation sites is 2. The van der Waals surface area contributed by atoms with Gasteiger partial charge in [-0.2, -0.15) is 26.3 Å². The molecule has 0 N–H and O–H groups in total. The molecule has 0 bridgehead atoms. The van der Waals surface area contributed by atoms with Crippen LogP contribution in [0.2, 0.25) is 0 Å². The molecule has 0 spiro atoms. The highest BCUT2D eigenvalue weighted by molar-refractivity contribution is 6.08. The Bertz CT molecular complexity index is 1380. The summed E-state index contributed by atoms with van der Waals surface area (Å²) in [7, 11) is 0. The third kappa shape index (κ3) is 4.15. The molecule has 0 amide bonds. The Morgan fingerprint density at radius 3 is 1.84 bits per heavy atom. The van der Waals surface area contributed by atoms with Crippen LogP contribution in [0.15, 0.2) is 66.7 Å². The van der Waals surface area contributed by atoms with Gasteiger partial charge in [0.2, 0.25) is 0 Å². The predicted molar refractivity (Wildman–Crippen MR) is 111 cm³/mol. The van der Waals surface area contributed by atoms with Gasteiger partial charge in [0.05, 0.1) is 17.7 Å². The first-order valence-corrected chi connectivity index (χ1v) is 9.39. The lowest BCUT2D eigenvalue weighted by Crippen LogP contribution is -2.11. The summed E-state index contributed by atoms with van der Waals surface area (Å²) < 4.78 is 80.1. The maximum Gasteiger partial charge on any atom is 0.417 e.